The molecule has 1 atom stereocenters. The molecule has 1 aromatic rings. The van der Waals surface area contributed by atoms with Crippen LogP contribution < -0.4 is 0 Å². The Morgan fingerprint density at radius 1 is 1.38 bits per heavy atom. The van der Waals surface area contributed by atoms with Gasteiger partial charge in [0.2, 0.25) is 0 Å². The zero-order valence-electron chi connectivity index (χ0n) is 7.98. The highest BCUT2D eigenvalue weighted by Crippen LogP contribution is 2.29. The molecule has 0 heterocycles. The average molecular weight is 308 g/mol. The number of benzene rings is 1. The number of rotatable bonds is 4. The normalized spacial score (nSPS) is 12.1. The van der Waals surface area contributed by atoms with Gasteiger partial charge in [-0.25, -0.2) is 0 Å². The first kappa shape index (κ1) is 13.0. The summed E-state index contributed by atoms with van der Waals surface area (Å²) in [5, 5.41) is 17.8. The van der Waals surface area contributed by atoms with Gasteiger partial charge in [-0.2, -0.15) is 0 Å². The molecular weight excluding hydrogens is 299 g/mol. The van der Waals surface area contributed by atoms with E-state index in [9.17, 15) is 9.59 Å². The van der Waals surface area contributed by atoms with Gasteiger partial charge >= 0.3 is 11.9 Å². The van der Waals surface area contributed by atoms with Crippen LogP contribution in [0.1, 0.15) is 17.9 Å². The van der Waals surface area contributed by atoms with Crippen molar-refractivity contribution < 1.29 is 19.8 Å². The number of aliphatic carboxylic acids is 2. The van der Waals surface area contributed by atoms with Crippen LogP contribution in [0.5, 0.6) is 0 Å². The summed E-state index contributed by atoms with van der Waals surface area (Å²) in [6, 6.07) is 4.67. The largest absolute Gasteiger partial charge is 0.481 e. The van der Waals surface area contributed by atoms with E-state index >= 15 is 0 Å². The van der Waals surface area contributed by atoms with Crippen molar-refractivity contribution in [3.05, 3.63) is 33.3 Å². The molecule has 0 radical (unpaired) electrons. The summed E-state index contributed by atoms with van der Waals surface area (Å²) in [6.07, 6.45) is -0.489. The zero-order chi connectivity index (χ0) is 12.3. The van der Waals surface area contributed by atoms with E-state index in [0.717, 1.165) is 0 Å². The van der Waals surface area contributed by atoms with Crippen LogP contribution in [0.3, 0.4) is 0 Å². The maximum atomic E-state index is 10.9. The Kier molecular flexibility index (Phi) is 4.32. The van der Waals surface area contributed by atoms with Crippen molar-refractivity contribution in [2.45, 2.75) is 12.3 Å². The second kappa shape index (κ2) is 5.32. The summed E-state index contributed by atoms with van der Waals surface area (Å²) in [7, 11) is 0. The SMILES string of the molecule is O=C(O)CC(C(=O)O)c1ccc(Br)cc1Cl. The second-order valence-corrected chi connectivity index (χ2v) is 4.48. The van der Waals surface area contributed by atoms with Crippen LogP contribution in [0, 0.1) is 0 Å². The summed E-state index contributed by atoms with van der Waals surface area (Å²) in [5.74, 6) is -3.50. The van der Waals surface area contributed by atoms with Crippen LogP contribution >= 0.6 is 27.5 Å². The molecular formula is C10H8BrClO4. The standard InChI is InChI=1S/C10H8BrClO4/c11-5-1-2-6(8(12)3-5)7(10(15)16)4-9(13)14/h1-3,7H,4H2,(H,13,14)(H,15,16). The first-order chi connectivity index (χ1) is 7.41. The smallest absolute Gasteiger partial charge is 0.311 e. The molecule has 0 aliphatic rings. The third kappa shape index (κ3) is 3.21. The summed E-state index contributed by atoms with van der Waals surface area (Å²) in [5.41, 5.74) is 0.305. The zero-order valence-corrected chi connectivity index (χ0v) is 10.3. The highest BCUT2D eigenvalue weighted by molar-refractivity contribution is 9.10. The summed E-state index contributed by atoms with van der Waals surface area (Å²) >= 11 is 9.05. The van der Waals surface area contributed by atoms with Crippen molar-refractivity contribution in [1.29, 1.82) is 0 Å². The van der Waals surface area contributed by atoms with E-state index in [0.29, 0.717) is 10.0 Å². The lowest BCUT2D eigenvalue weighted by atomic mass is 9.96. The Morgan fingerprint density at radius 2 is 2.00 bits per heavy atom. The number of carboxylic acids is 2. The molecule has 4 nitrogen and oxygen atoms in total. The number of carbonyl (C=O) groups is 2. The third-order valence-corrected chi connectivity index (χ3v) is 2.84. The quantitative estimate of drug-likeness (QED) is 0.897. The van der Waals surface area contributed by atoms with Crippen LogP contribution in [0.15, 0.2) is 22.7 Å². The molecule has 86 valence electrons. The Morgan fingerprint density at radius 3 is 2.44 bits per heavy atom. The van der Waals surface area contributed by atoms with Crippen LogP contribution in [0.4, 0.5) is 0 Å². The molecule has 1 rings (SSSR count). The minimum absolute atomic E-state index is 0.239. The molecule has 0 saturated heterocycles. The molecule has 0 aliphatic heterocycles. The number of carboxylic acid groups (broad SMARTS) is 2. The van der Waals surface area contributed by atoms with E-state index in [2.05, 4.69) is 15.9 Å². The molecule has 6 heteroatoms. The Balaban J connectivity index is 3.10. The van der Waals surface area contributed by atoms with Gasteiger partial charge in [-0.05, 0) is 17.7 Å². The minimum atomic E-state index is -1.20. The highest BCUT2D eigenvalue weighted by atomic mass is 79.9. The van der Waals surface area contributed by atoms with E-state index in [4.69, 9.17) is 21.8 Å². The second-order valence-electron chi connectivity index (χ2n) is 3.15. The van der Waals surface area contributed by atoms with Gasteiger partial charge in [0.15, 0.2) is 0 Å². The summed E-state index contributed by atoms with van der Waals surface area (Å²) in [6.45, 7) is 0. The van der Waals surface area contributed by atoms with Crippen molar-refractivity contribution in [3.8, 4) is 0 Å². The fourth-order valence-corrected chi connectivity index (χ4v) is 2.09. The van der Waals surface area contributed by atoms with E-state index < -0.39 is 24.3 Å². The summed E-state index contributed by atoms with van der Waals surface area (Å²) < 4.78 is 0.709. The van der Waals surface area contributed by atoms with Gasteiger partial charge in [0.1, 0.15) is 0 Å². The van der Waals surface area contributed by atoms with Gasteiger partial charge in [-0.15, -0.1) is 0 Å². The molecule has 0 aromatic heterocycles. The predicted molar refractivity (Wildman–Crippen MR) is 61.8 cm³/mol. The van der Waals surface area contributed by atoms with Crippen LogP contribution in [0.25, 0.3) is 0 Å². The molecule has 1 aromatic carbocycles. The average Bonchev–Trinajstić information content (AvgIpc) is 2.14. The van der Waals surface area contributed by atoms with E-state index in [1.165, 1.54) is 12.1 Å². The lowest BCUT2D eigenvalue weighted by Gasteiger charge is -2.12. The first-order valence-corrected chi connectivity index (χ1v) is 5.48. The predicted octanol–water partition coefficient (Wildman–Crippen LogP) is 2.75. The first-order valence-electron chi connectivity index (χ1n) is 4.31. The van der Waals surface area contributed by atoms with Crippen molar-refractivity contribution >= 4 is 39.5 Å². The Bertz CT molecular complexity index is 433. The monoisotopic (exact) mass is 306 g/mol. The van der Waals surface area contributed by atoms with Gasteiger partial charge in [0.25, 0.3) is 0 Å². The van der Waals surface area contributed by atoms with E-state index in [-0.39, 0.29) is 5.02 Å². The van der Waals surface area contributed by atoms with Crippen LogP contribution in [-0.2, 0) is 9.59 Å². The van der Waals surface area contributed by atoms with E-state index in [1.807, 2.05) is 0 Å². The highest BCUT2D eigenvalue weighted by Gasteiger charge is 2.25. The fourth-order valence-electron chi connectivity index (χ4n) is 1.29. The van der Waals surface area contributed by atoms with Crippen LogP contribution in [-0.4, -0.2) is 22.2 Å². The lowest BCUT2D eigenvalue weighted by molar-refractivity contribution is -0.145. The van der Waals surface area contributed by atoms with Crippen LogP contribution in [0.2, 0.25) is 5.02 Å². The maximum Gasteiger partial charge on any atom is 0.311 e. The van der Waals surface area contributed by atoms with Gasteiger partial charge < -0.3 is 10.2 Å². The number of hydrogen-bond donors (Lipinski definition) is 2. The molecule has 2 N–H and O–H groups in total. The molecule has 16 heavy (non-hydrogen) atoms. The Hall–Kier alpha value is -1.07. The molecule has 0 fully saturated rings. The summed E-state index contributed by atoms with van der Waals surface area (Å²) in [4.78, 5) is 21.5. The van der Waals surface area contributed by atoms with Crippen molar-refractivity contribution in [3.63, 3.8) is 0 Å². The molecule has 1 unspecified atom stereocenters. The number of hydrogen-bond acceptors (Lipinski definition) is 2. The van der Waals surface area contributed by atoms with Gasteiger partial charge in [-0.1, -0.05) is 33.6 Å². The van der Waals surface area contributed by atoms with E-state index in [1.54, 1.807) is 6.07 Å². The van der Waals surface area contributed by atoms with Gasteiger partial charge in [-0.3, -0.25) is 9.59 Å². The molecule has 0 spiro atoms. The molecule has 0 saturated carbocycles. The number of halogens is 2. The van der Waals surface area contributed by atoms with Gasteiger partial charge in [0, 0.05) is 9.50 Å². The van der Waals surface area contributed by atoms with Gasteiger partial charge in [0.05, 0.1) is 12.3 Å². The van der Waals surface area contributed by atoms with Crippen molar-refractivity contribution in [2.24, 2.45) is 0 Å². The fraction of sp³-hybridized carbons (Fsp3) is 0.200. The van der Waals surface area contributed by atoms with Crippen molar-refractivity contribution in [2.75, 3.05) is 0 Å². The topological polar surface area (TPSA) is 74.6 Å². The molecule has 0 bridgehead atoms. The maximum absolute atomic E-state index is 10.9. The lowest BCUT2D eigenvalue weighted by Crippen LogP contribution is -2.16. The third-order valence-electron chi connectivity index (χ3n) is 2.01. The minimum Gasteiger partial charge on any atom is -0.481 e. The van der Waals surface area contributed by atoms with Crippen molar-refractivity contribution in [1.82, 2.24) is 0 Å². The molecule has 0 aliphatic carbocycles. The molecule has 0 amide bonds. The Labute approximate surface area is 105 Å².